The minimum atomic E-state index is -0.422. The summed E-state index contributed by atoms with van der Waals surface area (Å²) in [7, 11) is 0. The van der Waals surface area contributed by atoms with Gasteiger partial charge in [0.05, 0.1) is 6.61 Å². The van der Waals surface area contributed by atoms with Crippen molar-refractivity contribution >= 4 is 17.6 Å². The van der Waals surface area contributed by atoms with Gasteiger partial charge in [-0.2, -0.15) is 0 Å². The van der Waals surface area contributed by atoms with E-state index < -0.39 is 5.82 Å². The third-order valence-electron chi connectivity index (χ3n) is 3.48. The zero-order chi connectivity index (χ0) is 15.4. The van der Waals surface area contributed by atoms with Crippen molar-refractivity contribution in [2.45, 2.75) is 13.8 Å². The monoisotopic (exact) mass is 294 g/mol. The Morgan fingerprint density at radius 2 is 1.90 bits per heavy atom. The van der Waals surface area contributed by atoms with Crippen LogP contribution in [0.2, 0.25) is 0 Å². The third-order valence-corrected chi connectivity index (χ3v) is 3.48. The largest absolute Gasteiger partial charge is 0.450 e. The first-order valence-corrected chi connectivity index (χ1v) is 7.00. The molecule has 1 aliphatic heterocycles. The number of ketones is 1. The molecule has 0 atom stereocenters. The highest BCUT2D eigenvalue weighted by molar-refractivity contribution is 5.99. The van der Waals surface area contributed by atoms with Crippen molar-refractivity contribution in [1.29, 1.82) is 0 Å². The molecule has 1 fully saturated rings. The van der Waals surface area contributed by atoms with Crippen molar-refractivity contribution in [3.8, 4) is 0 Å². The fraction of sp³-hybridized carbons (Fsp3) is 0.467. The molecule has 0 aliphatic carbocycles. The summed E-state index contributed by atoms with van der Waals surface area (Å²) >= 11 is 0. The molecule has 1 saturated heterocycles. The molecular weight excluding hydrogens is 275 g/mol. The maximum atomic E-state index is 13.3. The quantitative estimate of drug-likeness (QED) is 0.803. The molecule has 21 heavy (non-hydrogen) atoms. The first-order chi connectivity index (χ1) is 10.0. The van der Waals surface area contributed by atoms with Crippen LogP contribution in [-0.2, 0) is 4.74 Å². The lowest BCUT2D eigenvalue weighted by Crippen LogP contribution is -2.49. The van der Waals surface area contributed by atoms with Crippen LogP contribution in [0.15, 0.2) is 18.2 Å². The molecule has 0 saturated carbocycles. The fourth-order valence-corrected chi connectivity index (χ4v) is 2.41. The highest BCUT2D eigenvalue weighted by Crippen LogP contribution is 2.23. The van der Waals surface area contributed by atoms with Crippen molar-refractivity contribution in [3.63, 3.8) is 0 Å². The Morgan fingerprint density at radius 3 is 2.48 bits per heavy atom. The van der Waals surface area contributed by atoms with E-state index >= 15 is 0 Å². The molecule has 1 aromatic rings. The van der Waals surface area contributed by atoms with Crippen LogP contribution < -0.4 is 4.90 Å². The normalized spacial score (nSPS) is 15.0. The Hall–Kier alpha value is -2.11. The molecule has 0 radical (unpaired) electrons. The van der Waals surface area contributed by atoms with Gasteiger partial charge in [0.25, 0.3) is 0 Å². The number of hydrogen-bond donors (Lipinski definition) is 0. The van der Waals surface area contributed by atoms with Crippen LogP contribution in [0.4, 0.5) is 14.9 Å². The Bertz CT molecular complexity index is 540. The van der Waals surface area contributed by atoms with Gasteiger partial charge in [-0.1, -0.05) is 0 Å². The van der Waals surface area contributed by atoms with Crippen molar-refractivity contribution in [2.75, 3.05) is 37.7 Å². The van der Waals surface area contributed by atoms with Gasteiger partial charge in [-0.25, -0.2) is 9.18 Å². The summed E-state index contributed by atoms with van der Waals surface area (Å²) in [5.41, 5.74) is 1.09. The molecular formula is C15H19FN2O3. The van der Waals surface area contributed by atoms with E-state index in [1.165, 1.54) is 19.1 Å². The van der Waals surface area contributed by atoms with E-state index in [0.717, 1.165) is 0 Å². The van der Waals surface area contributed by atoms with Gasteiger partial charge in [0, 0.05) is 37.4 Å². The first-order valence-electron chi connectivity index (χ1n) is 7.00. The van der Waals surface area contributed by atoms with E-state index in [1.807, 2.05) is 4.90 Å². The van der Waals surface area contributed by atoms with Gasteiger partial charge in [-0.3, -0.25) is 4.79 Å². The SMILES string of the molecule is CCOC(=O)N1CCN(c2ccc(F)cc2C(C)=O)CC1. The zero-order valence-electron chi connectivity index (χ0n) is 12.3. The molecule has 0 N–H and O–H groups in total. The van der Waals surface area contributed by atoms with Crippen LogP contribution in [-0.4, -0.2) is 49.6 Å². The van der Waals surface area contributed by atoms with Crippen LogP contribution in [0.3, 0.4) is 0 Å². The van der Waals surface area contributed by atoms with Gasteiger partial charge in [-0.05, 0) is 32.0 Å². The second-order valence-electron chi connectivity index (χ2n) is 4.89. The number of ether oxygens (including phenoxy) is 1. The topological polar surface area (TPSA) is 49.9 Å². The lowest BCUT2D eigenvalue weighted by molar-refractivity contribution is 0.101. The number of nitrogens with zero attached hydrogens (tertiary/aromatic N) is 2. The summed E-state index contributed by atoms with van der Waals surface area (Å²) in [5, 5.41) is 0. The number of carbonyl (C=O) groups excluding carboxylic acids is 2. The number of carbonyl (C=O) groups is 2. The van der Waals surface area contributed by atoms with Crippen LogP contribution >= 0.6 is 0 Å². The van der Waals surface area contributed by atoms with E-state index in [4.69, 9.17) is 4.74 Å². The van der Waals surface area contributed by atoms with Crippen molar-refractivity contribution in [2.24, 2.45) is 0 Å². The lowest BCUT2D eigenvalue weighted by Gasteiger charge is -2.36. The van der Waals surface area contributed by atoms with E-state index in [-0.39, 0.29) is 11.9 Å². The summed E-state index contributed by atoms with van der Waals surface area (Å²) in [6.07, 6.45) is -0.317. The van der Waals surface area contributed by atoms with Crippen molar-refractivity contribution in [1.82, 2.24) is 4.90 Å². The fourth-order valence-electron chi connectivity index (χ4n) is 2.41. The Balaban J connectivity index is 2.09. The molecule has 5 nitrogen and oxygen atoms in total. The molecule has 1 heterocycles. The van der Waals surface area contributed by atoms with Gasteiger partial charge in [0.15, 0.2) is 5.78 Å². The van der Waals surface area contributed by atoms with Crippen LogP contribution in [0.1, 0.15) is 24.2 Å². The van der Waals surface area contributed by atoms with Gasteiger partial charge >= 0.3 is 6.09 Å². The number of amides is 1. The van der Waals surface area contributed by atoms with Gasteiger partial charge in [0.1, 0.15) is 5.82 Å². The molecule has 1 amide bonds. The molecule has 1 aromatic carbocycles. The smallest absolute Gasteiger partial charge is 0.409 e. The van der Waals surface area contributed by atoms with Gasteiger partial charge in [0.2, 0.25) is 0 Å². The molecule has 6 heteroatoms. The van der Waals surface area contributed by atoms with Crippen LogP contribution in [0.5, 0.6) is 0 Å². The summed E-state index contributed by atoms with van der Waals surface area (Å²) in [5.74, 6) is -0.591. The maximum absolute atomic E-state index is 13.3. The summed E-state index contributed by atoms with van der Waals surface area (Å²) in [4.78, 5) is 26.9. The highest BCUT2D eigenvalue weighted by Gasteiger charge is 2.24. The molecule has 0 spiro atoms. The maximum Gasteiger partial charge on any atom is 0.409 e. The van der Waals surface area contributed by atoms with Crippen LogP contribution in [0, 0.1) is 5.82 Å². The average molecular weight is 294 g/mol. The number of Topliss-reactive ketones (excluding diaryl/α,β-unsaturated/α-hetero) is 1. The minimum Gasteiger partial charge on any atom is -0.450 e. The van der Waals surface area contributed by atoms with Crippen molar-refractivity contribution in [3.05, 3.63) is 29.6 Å². The number of piperazine rings is 1. The summed E-state index contributed by atoms with van der Waals surface area (Å²) in [6, 6.07) is 4.22. The number of anilines is 1. The van der Waals surface area contributed by atoms with Gasteiger partial charge in [-0.15, -0.1) is 0 Å². The Labute approximate surface area is 123 Å². The summed E-state index contributed by atoms with van der Waals surface area (Å²) < 4.78 is 18.3. The van der Waals surface area contributed by atoms with E-state index in [1.54, 1.807) is 17.9 Å². The number of rotatable bonds is 3. The van der Waals surface area contributed by atoms with E-state index in [9.17, 15) is 14.0 Å². The predicted molar refractivity (Wildman–Crippen MR) is 77.2 cm³/mol. The van der Waals surface area contributed by atoms with Crippen LogP contribution in [0.25, 0.3) is 0 Å². The molecule has 1 aliphatic rings. The second kappa shape index (κ2) is 6.56. The van der Waals surface area contributed by atoms with Gasteiger partial charge < -0.3 is 14.5 Å². The Morgan fingerprint density at radius 1 is 1.24 bits per heavy atom. The number of benzene rings is 1. The standard InChI is InChI=1S/C15H19FN2O3/c1-3-21-15(20)18-8-6-17(7-9-18)14-5-4-12(16)10-13(14)11(2)19/h4-5,10H,3,6-9H2,1-2H3. The minimum absolute atomic E-state index is 0.169. The third kappa shape index (κ3) is 3.51. The molecule has 0 aromatic heterocycles. The Kier molecular flexibility index (Phi) is 4.77. The van der Waals surface area contributed by atoms with E-state index in [0.29, 0.717) is 44.0 Å². The first kappa shape index (κ1) is 15.3. The molecule has 2 rings (SSSR count). The zero-order valence-corrected chi connectivity index (χ0v) is 12.3. The molecule has 114 valence electrons. The van der Waals surface area contributed by atoms with Crippen molar-refractivity contribution < 1.29 is 18.7 Å². The highest BCUT2D eigenvalue weighted by atomic mass is 19.1. The predicted octanol–water partition coefficient (Wildman–Crippen LogP) is 2.31. The van der Waals surface area contributed by atoms with E-state index in [2.05, 4.69) is 0 Å². The lowest BCUT2D eigenvalue weighted by atomic mass is 10.1. The number of hydrogen-bond acceptors (Lipinski definition) is 4. The number of halogens is 1. The molecule has 0 bridgehead atoms. The average Bonchev–Trinajstić information content (AvgIpc) is 2.47. The second-order valence-corrected chi connectivity index (χ2v) is 4.89. The molecule has 0 unspecified atom stereocenters. The summed E-state index contributed by atoms with van der Waals surface area (Å²) in [6.45, 7) is 5.76.